The molecule has 0 atom stereocenters. The summed E-state index contributed by atoms with van der Waals surface area (Å²) in [6.07, 6.45) is 1.02. The maximum atomic E-state index is 13.0. The highest BCUT2D eigenvalue weighted by Crippen LogP contribution is 2.32. The molecule has 0 N–H and O–H groups in total. The highest BCUT2D eigenvalue weighted by Gasteiger charge is 2.35. The van der Waals surface area contributed by atoms with Crippen molar-refractivity contribution in [3.8, 4) is 17.1 Å². The van der Waals surface area contributed by atoms with Crippen molar-refractivity contribution in [1.29, 1.82) is 0 Å². The largest absolute Gasteiger partial charge is 0.434 e. The summed E-state index contributed by atoms with van der Waals surface area (Å²) in [6, 6.07) is 9.45. The molecule has 0 aliphatic rings. The molecule has 0 fully saturated rings. The zero-order valence-electron chi connectivity index (χ0n) is 12.7. The first-order valence-corrected chi connectivity index (χ1v) is 8.76. The Hall–Kier alpha value is -2.86. The van der Waals surface area contributed by atoms with E-state index in [1.807, 2.05) is 0 Å². The summed E-state index contributed by atoms with van der Waals surface area (Å²) in [5.41, 5.74) is -0.415. The number of rotatable bonds is 3. The van der Waals surface area contributed by atoms with Gasteiger partial charge in [-0.3, -0.25) is 4.57 Å². The molecule has 0 saturated carbocycles. The van der Waals surface area contributed by atoms with Gasteiger partial charge in [0.25, 0.3) is 0 Å². The van der Waals surface area contributed by atoms with Crippen LogP contribution in [0.2, 0.25) is 0 Å². The Labute approximate surface area is 141 Å². The minimum Gasteiger partial charge on any atom is -0.299 e. The summed E-state index contributed by atoms with van der Waals surface area (Å²) in [5.74, 6) is 0.0113. The van der Waals surface area contributed by atoms with Crippen molar-refractivity contribution < 1.29 is 21.6 Å². The number of hydrogen-bond acceptors (Lipinski definition) is 4. The predicted molar refractivity (Wildman–Crippen MR) is 82.6 cm³/mol. The van der Waals surface area contributed by atoms with Gasteiger partial charge in [-0.25, -0.2) is 18.4 Å². The first kappa shape index (κ1) is 17.0. The zero-order valence-corrected chi connectivity index (χ0v) is 13.6. The molecule has 0 aliphatic heterocycles. The minimum absolute atomic E-state index is 0.0113. The molecule has 2 aromatic heterocycles. The first-order valence-electron chi connectivity index (χ1n) is 6.87. The van der Waals surface area contributed by atoms with E-state index in [0.29, 0.717) is 11.3 Å². The minimum atomic E-state index is -4.62. The molecule has 2 heterocycles. The number of benzene rings is 1. The molecule has 0 spiro atoms. The fraction of sp³-hybridized carbons (Fsp3) is 0.125. The quantitative estimate of drug-likeness (QED) is 0.716. The van der Waals surface area contributed by atoms with Gasteiger partial charge in [0.1, 0.15) is 5.82 Å². The van der Waals surface area contributed by atoms with Crippen LogP contribution in [0.5, 0.6) is 0 Å². The lowest BCUT2D eigenvalue weighted by atomic mass is 10.2. The Morgan fingerprint density at radius 2 is 1.84 bits per heavy atom. The standard InChI is InChI=1S/C16H10F3N3O2S/c1-25(23,24)13-6-4-12(5-7-13)22-10-14(16(17,18)19)21-15(22)11-3-2-8-20-9-11/h3-7,9-10H,1H3. The van der Waals surface area contributed by atoms with Gasteiger partial charge in [0.15, 0.2) is 15.5 Å². The summed E-state index contributed by atoms with van der Waals surface area (Å²) in [7, 11) is -3.41. The zero-order chi connectivity index (χ0) is 18.2. The molecular formula is C16H10F3N3O2S. The molecule has 5 nitrogen and oxygen atoms in total. The highest BCUT2D eigenvalue weighted by molar-refractivity contribution is 7.90. The van der Waals surface area contributed by atoms with Crippen LogP contribution >= 0.6 is 0 Å². The molecule has 1 aromatic carbocycles. The Morgan fingerprint density at radius 1 is 1.16 bits per heavy atom. The molecule has 3 aromatic rings. The van der Waals surface area contributed by atoms with E-state index < -0.39 is 21.7 Å². The second-order valence-electron chi connectivity index (χ2n) is 5.20. The normalized spacial score (nSPS) is 12.0. The topological polar surface area (TPSA) is 64.8 Å². The van der Waals surface area contributed by atoms with Gasteiger partial charge >= 0.3 is 6.18 Å². The van der Waals surface area contributed by atoms with Crippen LogP contribution in [0.15, 0.2) is 47.6 Å². The lowest BCUT2D eigenvalue weighted by Crippen LogP contribution is -2.05. The summed E-state index contributed by atoms with van der Waals surface area (Å²) in [6.45, 7) is 0. The van der Waals surface area contributed by atoms with Gasteiger partial charge in [0.2, 0.25) is 0 Å². The first-order chi connectivity index (χ1) is 11.7. The molecule has 0 radical (unpaired) electrons. The average molecular weight is 365 g/mol. The van der Waals surface area contributed by atoms with Crippen LogP contribution in [-0.4, -0.2) is 29.2 Å². The van der Waals surface area contributed by atoms with Crippen LogP contribution in [0.3, 0.4) is 0 Å². The van der Waals surface area contributed by atoms with E-state index >= 15 is 0 Å². The van der Waals surface area contributed by atoms with Crippen LogP contribution in [0.25, 0.3) is 17.1 Å². The van der Waals surface area contributed by atoms with E-state index in [0.717, 1.165) is 12.5 Å². The number of hydrogen-bond donors (Lipinski definition) is 0. The number of nitrogens with zero attached hydrogens (tertiary/aromatic N) is 3. The third-order valence-electron chi connectivity index (χ3n) is 3.36. The van der Waals surface area contributed by atoms with Crippen molar-refractivity contribution in [3.63, 3.8) is 0 Å². The number of sulfone groups is 1. The molecule has 0 unspecified atom stereocenters. The SMILES string of the molecule is CS(=O)(=O)c1ccc(-n2cc(C(F)(F)F)nc2-c2cc#cnc2)cc1. The fourth-order valence-electron chi connectivity index (χ4n) is 2.18. The number of imidazole rings is 1. The van der Waals surface area contributed by atoms with Gasteiger partial charge < -0.3 is 0 Å². The Morgan fingerprint density at radius 3 is 2.36 bits per heavy atom. The lowest BCUT2D eigenvalue weighted by Gasteiger charge is -2.08. The Bertz CT molecular complexity index is 995. The summed E-state index contributed by atoms with van der Waals surface area (Å²) < 4.78 is 63.4. The monoisotopic (exact) mass is 365 g/mol. The second kappa shape index (κ2) is 5.89. The van der Waals surface area contributed by atoms with Crippen LogP contribution in [0.1, 0.15) is 5.69 Å². The van der Waals surface area contributed by atoms with Crippen molar-refractivity contribution >= 4 is 9.84 Å². The van der Waals surface area contributed by atoms with E-state index in [-0.39, 0.29) is 10.7 Å². The number of aromatic nitrogens is 3. The van der Waals surface area contributed by atoms with E-state index in [1.165, 1.54) is 41.1 Å². The molecular weight excluding hydrogens is 355 g/mol. The molecule has 25 heavy (non-hydrogen) atoms. The molecule has 0 aliphatic carbocycles. The van der Waals surface area contributed by atoms with Gasteiger partial charge in [0, 0.05) is 42.2 Å². The average Bonchev–Trinajstić information content (AvgIpc) is 3.00. The number of halogens is 3. The van der Waals surface area contributed by atoms with Crippen molar-refractivity contribution in [3.05, 3.63) is 60.7 Å². The fourth-order valence-corrected chi connectivity index (χ4v) is 2.81. The van der Waals surface area contributed by atoms with E-state index in [4.69, 9.17) is 0 Å². The number of alkyl halides is 3. The second-order valence-corrected chi connectivity index (χ2v) is 7.21. The predicted octanol–water partition coefficient (Wildman–Crippen LogP) is 2.96. The molecule has 3 rings (SSSR count). The molecule has 0 bridgehead atoms. The maximum absolute atomic E-state index is 13.0. The van der Waals surface area contributed by atoms with Gasteiger partial charge in [-0.15, -0.1) is 0 Å². The Kier molecular flexibility index (Phi) is 4.00. The van der Waals surface area contributed by atoms with Crippen molar-refractivity contribution in [2.24, 2.45) is 0 Å². The molecule has 0 saturated heterocycles. The highest BCUT2D eigenvalue weighted by atomic mass is 32.2. The third-order valence-corrected chi connectivity index (χ3v) is 4.49. The van der Waals surface area contributed by atoms with Crippen LogP contribution in [0, 0.1) is 12.3 Å². The van der Waals surface area contributed by atoms with Crippen molar-refractivity contribution in [2.45, 2.75) is 11.1 Å². The maximum Gasteiger partial charge on any atom is 0.434 e. The van der Waals surface area contributed by atoms with Crippen LogP contribution in [-0.2, 0) is 16.0 Å². The van der Waals surface area contributed by atoms with Gasteiger partial charge in [0.05, 0.1) is 4.90 Å². The van der Waals surface area contributed by atoms with Gasteiger partial charge in [-0.2, -0.15) is 13.2 Å². The van der Waals surface area contributed by atoms with E-state index in [9.17, 15) is 21.6 Å². The van der Waals surface area contributed by atoms with Crippen LogP contribution in [0.4, 0.5) is 13.2 Å². The molecule has 0 amide bonds. The van der Waals surface area contributed by atoms with E-state index in [1.54, 1.807) is 0 Å². The third kappa shape index (κ3) is 3.49. The van der Waals surface area contributed by atoms with Crippen LogP contribution < -0.4 is 0 Å². The van der Waals surface area contributed by atoms with Crippen molar-refractivity contribution in [1.82, 2.24) is 14.5 Å². The smallest absolute Gasteiger partial charge is 0.299 e. The summed E-state index contributed by atoms with van der Waals surface area (Å²) in [4.78, 5) is 7.43. The summed E-state index contributed by atoms with van der Waals surface area (Å²) in [5, 5.41) is 0. The molecule has 9 heteroatoms. The molecule has 128 valence electrons. The lowest BCUT2D eigenvalue weighted by molar-refractivity contribution is -0.140. The summed E-state index contributed by atoms with van der Waals surface area (Å²) >= 11 is 0. The van der Waals surface area contributed by atoms with Gasteiger partial charge in [-0.05, 0) is 30.3 Å². The van der Waals surface area contributed by atoms with E-state index in [2.05, 4.69) is 22.2 Å². The van der Waals surface area contributed by atoms with Gasteiger partial charge in [-0.1, -0.05) is 0 Å². The van der Waals surface area contributed by atoms with Crippen molar-refractivity contribution in [2.75, 3.05) is 6.26 Å². The Balaban J connectivity index is 2.16.